The van der Waals surface area contributed by atoms with Crippen molar-refractivity contribution >= 4 is 11.4 Å². The molecule has 0 bridgehead atoms. The minimum atomic E-state index is -1.01. The first-order valence-corrected chi connectivity index (χ1v) is 11.6. The summed E-state index contributed by atoms with van der Waals surface area (Å²) in [6.07, 6.45) is 5.28. The number of Topliss-reactive ketones (excluding diaryl/α,β-unsaturated/α-hetero) is 1. The van der Waals surface area contributed by atoms with Crippen LogP contribution in [0.2, 0.25) is 0 Å². The minimum absolute atomic E-state index is 0.130. The number of nitrogens with one attached hydrogen (secondary N) is 3. The van der Waals surface area contributed by atoms with E-state index in [1.807, 2.05) is 30.3 Å². The van der Waals surface area contributed by atoms with Gasteiger partial charge in [-0.25, -0.2) is 16.6 Å². The summed E-state index contributed by atoms with van der Waals surface area (Å²) in [5.41, 5.74) is 26.9. The van der Waals surface area contributed by atoms with Gasteiger partial charge in [0.15, 0.2) is 11.8 Å². The van der Waals surface area contributed by atoms with Gasteiger partial charge in [-0.15, -0.1) is 0 Å². The van der Waals surface area contributed by atoms with Crippen LogP contribution in [0.5, 0.6) is 0 Å². The molecule has 1 spiro atoms. The molecule has 7 nitrogen and oxygen atoms in total. The number of carbonyl (C=O) groups is 1. The van der Waals surface area contributed by atoms with Crippen LogP contribution in [-0.4, -0.2) is 17.4 Å². The van der Waals surface area contributed by atoms with Crippen LogP contribution < -0.4 is 0 Å². The van der Waals surface area contributed by atoms with Gasteiger partial charge < -0.3 is 0 Å². The first-order valence-electron chi connectivity index (χ1n) is 11.6. The molecule has 1 saturated carbocycles. The molecule has 2 unspecified atom stereocenters. The Morgan fingerprint density at radius 2 is 1.52 bits per heavy atom. The molecular weight excluding hydrogens is 412 g/mol. The maximum absolute atomic E-state index is 13.6. The average molecular weight is 441 g/mol. The lowest BCUT2D eigenvalue weighted by atomic mass is 9.58. The van der Waals surface area contributed by atoms with E-state index in [0.717, 1.165) is 30.4 Å². The van der Waals surface area contributed by atoms with Gasteiger partial charge >= 0.3 is 0 Å². The largest absolute Gasteiger partial charge is 0.296 e. The Labute approximate surface area is 193 Å². The molecule has 33 heavy (non-hydrogen) atoms. The van der Waals surface area contributed by atoms with Crippen LogP contribution in [-0.2, 0) is 17.6 Å². The lowest BCUT2D eigenvalue weighted by Crippen LogP contribution is -2.47. The third kappa shape index (κ3) is 3.21. The molecule has 2 aromatic carbocycles. The van der Waals surface area contributed by atoms with Crippen LogP contribution >= 0.6 is 0 Å². The summed E-state index contributed by atoms with van der Waals surface area (Å²) in [4.78, 5) is 13.6. The second kappa shape index (κ2) is 8.21. The normalized spacial score (nSPS) is 31.3. The Hall–Kier alpha value is -3.35. The lowest BCUT2D eigenvalue weighted by molar-refractivity contribution is -0.127. The fraction of sp³-hybridized carbons (Fsp3) is 0.423. The van der Waals surface area contributed by atoms with Crippen LogP contribution in [0.1, 0.15) is 48.8 Å². The van der Waals surface area contributed by atoms with Gasteiger partial charge in [0.05, 0.1) is 11.0 Å². The molecular formula is C26H28N6O. The topological polar surface area (TPSA) is 126 Å². The zero-order valence-electron chi connectivity index (χ0n) is 18.6. The molecule has 168 valence electrons. The first kappa shape index (κ1) is 21.5. The SMILES string of the molecule is N=NC1=C(c2ccccc2)C2(CCC(N=N)(C3CCc4ccccc4C3)CC2)C(=O)C1N=N. The Bertz CT molecular complexity index is 1150. The quantitative estimate of drug-likeness (QED) is 0.448. The fourth-order valence-electron chi connectivity index (χ4n) is 6.53. The molecule has 7 heteroatoms. The van der Waals surface area contributed by atoms with E-state index in [1.54, 1.807) is 0 Å². The highest BCUT2D eigenvalue weighted by Gasteiger charge is 2.58. The number of fused-ring (bicyclic) bond motifs is 1. The Morgan fingerprint density at radius 1 is 0.848 bits per heavy atom. The predicted octanol–water partition coefficient (Wildman–Crippen LogP) is 6.55. The number of aryl methyl sites for hydroxylation is 1. The number of hydrogen-bond acceptors (Lipinski definition) is 7. The minimum Gasteiger partial charge on any atom is -0.296 e. The van der Waals surface area contributed by atoms with Crippen LogP contribution in [0.25, 0.3) is 5.57 Å². The highest BCUT2D eigenvalue weighted by molar-refractivity contribution is 6.09. The van der Waals surface area contributed by atoms with Gasteiger partial charge in [0.2, 0.25) is 0 Å². The molecule has 0 aliphatic heterocycles. The second-order valence-corrected chi connectivity index (χ2v) is 9.64. The van der Waals surface area contributed by atoms with Gasteiger partial charge in [-0.3, -0.25) is 4.79 Å². The molecule has 0 heterocycles. The van der Waals surface area contributed by atoms with Crippen molar-refractivity contribution in [3.63, 3.8) is 0 Å². The van der Waals surface area contributed by atoms with E-state index >= 15 is 0 Å². The fourth-order valence-corrected chi connectivity index (χ4v) is 6.53. The van der Waals surface area contributed by atoms with Gasteiger partial charge in [-0.05, 0) is 73.1 Å². The molecule has 3 aliphatic carbocycles. The molecule has 2 aromatic rings. The molecule has 0 amide bonds. The Kier molecular flexibility index (Phi) is 5.35. The van der Waals surface area contributed by atoms with E-state index in [4.69, 9.17) is 16.6 Å². The van der Waals surface area contributed by atoms with Gasteiger partial charge in [0.1, 0.15) is 5.70 Å². The Morgan fingerprint density at radius 3 is 2.15 bits per heavy atom. The van der Waals surface area contributed by atoms with Crippen molar-refractivity contribution in [3.05, 3.63) is 77.0 Å². The maximum atomic E-state index is 13.6. The molecule has 3 aliphatic rings. The lowest BCUT2D eigenvalue weighted by Gasteiger charge is -2.47. The van der Waals surface area contributed by atoms with Crippen molar-refractivity contribution in [2.45, 2.75) is 56.5 Å². The number of carbonyl (C=O) groups excluding carboxylic acids is 1. The predicted molar refractivity (Wildman–Crippen MR) is 123 cm³/mol. The number of nitrogens with zero attached hydrogens (tertiary/aromatic N) is 3. The van der Waals surface area contributed by atoms with Crippen LogP contribution in [0.4, 0.5) is 0 Å². The summed E-state index contributed by atoms with van der Waals surface area (Å²) in [5.74, 6) is 0.148. The summed E-state index contributed by atoms with van der Waals surface area (Å²) >= 11 is 0. The highest BCUT2D eigenvalue weighted by atomic mass is 16.1. The van der Waals surface area contributed by atoms with Crippen LogP contribution in [0, 0.1) is 27.9 Å². The summed E-state index contributed by atoms with van der Waals surface area (Å²) in [6.45, 7) is 0. The van der Waals surface area contributed by atoms with Gasteiger partial charge in [0.25, 0.3) is 0 Å². The van der Waals surface area contributed by atoms with Crippen molar-refractivity contribution in [1.82, 2.24) is 0 Å². The maximum Gasteiger partial charge on any atom is 0.175 e. The number of rotatable bonds is 5. The van der Waals surface area contributed by atoms with E-state index < -0.39 is 17.0 Å². The average Bonchev–Trinajstić information content (AvgIpc) is 3.11. The summed E-state index contributed by atoms with van der Waals surface area (Å²) < 4.78 is 0. The second-order valence-electron chi connectivity index (χ2n) is 9.64. The van der Waals surface area contributed by atoms with Gasteiger partial charge in [0, 0.05) is 0 Å². The van der Waals surface area contributed by atoms with Gasteiger partial charge in [-0.2, -0.15) is 15.3 Å². The summed E-state index contributed by atoms with van der Waals surface area (Å²) in [6, 6.07) is 17.2. The first-order chi connectivity index (χ1) is 16.1. The number of hydrogen-bond donors (Lipinski definition) is 3. The van der Waals surface area contributed by atoms with E-state index in [0.29, 0.717) is 31.4 Å². The van der Waals surface area contributed by atoms with Crippen LogP contribution in [0.15, 0.2) is 75.6 Å². The van der Waals surface area contributed by atoms with Crippen molar-refractivity contribution in [2.75, 3.05) is 0 Å². The number of benzene rings is 2. The third-order valence-electron chi connectivity index (χ3n) is 8.32. The standard InChI is InChI=1S/C26H28N6O/c27-30-22-21(18-7-2-1-3-8-18)25(24(33)23(22)31-28)12-14-26(32-29,15-13-25)20-11-10-17-6-4-5-9-19(17)16-20/h1-9,20,23,27-29H,10-16H2. The van der Waals surface area contributed by atoms with Gasteiger partial charge in [-0.1, -0.05) is 54.6 Å². The highest BCUT2D eigenvalue weighted by Crippen LogP contribution is 2.59. The molecule has 0 radical (unpaired) electrons. The number of allylic oxidation sites excluding steroid dienone is 1. The molecule has 3 N–H and O–H groups in total. The summed E-state index contributed by atoms with van der Waals surface area (Å²) in [5, 5.41) is 11.5. The smallest absolute Gasteiger partial charge is 0.175 e. The molecule has 0 aromatic heterocycles. The van der Waals surface area contributed by atoms with Crippen molar-refractivity contribution < 1.29 is 4.79 Å². The number of ketones is 1. The van der Waals surface area contributed by atoms with Crippen molar-refractivity contribution in [3.8, 4) is 0 Å². The molecule has 1 fully saturated rings. The van der Waals surface area contributed by atoms with E-state index in [9.17, 15) is 4.79 Å². The monoisotopic (exact) mass is 440 g/mol. The Balaban J connectivity index is 1.50. The van der Waals surface area contributed by atoms with Crippen molar-refractivity contribution in [1.29, 1.82) is 16.6 Å². The molecule has 0 saturated heterocycles. The van der Waals surface area contributed by atoms with Crippen molar-refractivity contribution in [2.24, 2.45) is 26.7 Å². The summed E-state index contributed by atoms with van der Waals surface area (Å²) in [7, 11) is 0. The zero-order valence-corrected chi connectivity index (χ0v) is 18.6. The van der Waals surface area contributed by atoms with E-state index in [2.05, 4.69) is 39.6 Å². The third-order valence-corrected chi connectivity index (χ3v) is 8.32. The van der Waals surface area contributed by atoms with Crippen LogP contribution in [0.3, 0.4) is 0 Å². The molecule has 2 atom stereocenters. The molecule has 5 rings (SSSR count). The van der Waals surface area contributed by atoms with E-state index in [1.165, 1.54) is 11.1 Å². The van der Waals surface area contributed by atoms with E-state index in [-0.39, 0.29) is 11.7 Å². The zero-order chi connectivity index (χ0) is 23.1.